The number of fused-ring (bicyclic) bond motifs is 2. The molecular weight excluding hydrogens is 442 g/mol. The summed E-state index contributed by atoms with van der Waals surface area (Å²) in [6, 6.07) is 22.7. The molecule has 0 aliphatic heterocycles. The molecule has 2 heterocycles. The second-order valence-corrected chi connectivity index (χ2v) is 12.5. The fourth-order valence-electron chi connectivity index (χ4n) is 5.40. The van der Waals surface area contributed by atoms with Crippen LogP contribution in [0.15, 0.2) is 66.9 Å². The van der Waals surface area contributed by atoms with Gasteiger partial charge in [0.2, 0.25) is 0 Å². The number of benzene rings is 3. The monoisotopic (exact) mass is 477 g/mol. The molecule has 0 saturated carbocycles. The summed E-state index contributed by atoms with van der Waals surface area (Å²) < 4.78 is 1.27. The Morgan fingerprint density at radius 1 is 0.857 bits per heavy atom. The van der Waals surface area contributed by atoms with Crippen LogP contribution in [0.5, 0.6) is 0 Å². The van der Waals surface area contributed by atoms with Gasteiger partial charge in [0.1, 0.15) is 0 Å². The molecule has 0 unspecified atom stereocenters. The number of pyridine rings is 1. The topological polar surface area (TPSA) is 12.9 Å². The molecule has 35 heavy (non-hydrogen) atoms. The van der Waals surface area contributed by atoms with E-state index in [9.17, 15) is 0 Å². The smallest absolute Gasteiger partial charge is 0.0880 e. The number of thiophene rings is 1. The molecule has 0 amide bonds. The number of aryl methyl sites for hydroxylation is 2. The van der Waals surface area contributed by atoms with Gasteiger partial charge in [0, 0.05) is 16.6 Å². The fourth-order valence-corrected chi connectivity index (χ4v) is 6.75. The average Bonchev–Trinajstić information content (AvgIpc) is 3.20. The molecule has 0 N–H and O–H groups in total. The van der Waals surface area contributed by atoms with E-state index in [2.05, 4.69) is 109 Å². The molecule has 0 radical (unpaired) electrons. The molecule has 3 aromatic carbocycles. The number of aromatic nitrogens is 1. The van der Waals surface area contributed by atoms with Crippen molar-refractivity contribution in [3.63, 3.8) is 0 Å². The van der Waals surface area contributed by atoms with E-state index in [1.807, 2.05) is 17.5 Å². The van der Waals surface area contributed by atoms with Gasteiger partial charge in [-0.2, -0.15) is 0 Å². The molecule has 0 spiro atoms. The zero-order chi connectivity index (χ0) is 24.9. The van der Waals surface area contributed by atoms with E-state index in [1.165, 1.54) is 59.1 Å². The Bertz CT molecular complexity index is 1520. The molecule has 0 atom stereocenters. The van der Waals surface area contributed by atoms with E-state index in [0.29, 0.717) is 5.92 Å². The first kappa shape index (κ1) is 23.8. The van der Waals surface area contributed by atoms with Crippen LogP contribution >= 0.6 is 11.3 Å². The third-order valence-corrected chi connectivity index (χ3v) is 7.97. The first-order chi connectivity index (χ1) is 16.6. The van der Waals surface area contributed by atoms with Gasteiger partial charge < -0.3 is 0 Å². The summed E-state index contributed by atoms with van der Waals surface area (Å²) >= 11 is 1.88. The van der Waals surface area contributed by atoms with E-state index >= 15 is 0 Å². The van der Waals surface area contributed by atoms with Crippen LogP contribution in [0, 0.1) is 19.3 Å². The van der Waals surface area contributed by atoms with E-state index in [-0.39, 0.29) is 5.41 Å². The molecule has 0 aliphatic carbocycles. The number of hydrogen-bond donors (Lipinski definition) is 0. The summed E-state index contributed by atoms with van der Waals surface area (Å²) in [4.78, 5) is 6.23. The largest absolute Gasteiger partial charge is 0.255 e. The van der Waals surface area contributed by atoms with Gasteiger partial charge in [0.15, 0.2) is 0 Å². The minimum atomic E-state index is 0.285. The molecule has 0 fully saturated rings. The van der Waals surface area contributed by atoms with Gasteiger partial charge in [-0.15, -0.1) is 11.3 Å². The third kappa shape index (κ3) is 4.65. The maximum absolute atomic E-state index is 4.90. The maximum atomic E-state index is 4.90. The van der Waals surface area contributed by atoms with Crippen molar-refractivity contribution in [2.75, 3.05) is 0 Å². The minimum Gasteiger partial charge on any atom is -0.255 e. The molecule has 0 aliphatic rings. The van der Waals surface area contributed by atoms with Gasteiger partial charge in [0.05, 0.1) is 10.4 Å². The standard InChI is InChI=1S/C33H35NS/c1-20(2)28-17-26(16-24-10-8-9-11-27(24)28)31-32-25(12-13-34-31)18-29(35-32)30-21(3)14-23(15-22(30)4)19-33(5,6)7/h8-18,20H,19H2,1-7H3. The summed E-state index contributed by atoms with van der Waals surface area (Å²) in [5.74, 6) is 0.454. The Labute approximate surface area is 213 Å². The molecule has 1 nitrogen and oxygen atoms in total. The van der Waals surface area contributed by atoms with Crippen LogP contribution in [0.1, 0.15) is 62.8 Å². The highest BCUT2D eigenvalue weighted by Gasteiger charge is 2.18. The Kier molecular flexibility index (Phi) is 6.05. The maximum Gasteiger partial charge on any atom is 0.0880 e. The highest BCUT2D eigenvalue weighted by atomic mass is 32.1. The highest BCUT2D eigenvalue weighted by molar-refractivity contribution is 7.22. The Morgan fingerprint density at radius 2 is 1.57 bits per heavy atom. The van der Waals surface area contributed by atoms with Crippen molar-refractivity contribution in [3.05, 3.63) is 89.1 Å². The summed E-state index contributed by atoms with van der Waals surface area (Å²) in [5.41, 5.74) is 9.48. The van der Waals surface area contributed by atoms with Crippen LogP contribution in [-0.2, 0) is 6.42 Å². The normalized spacial score (nSPS) is 12.2. The first-order valence-electron chi connectivity index (χ1n) is 12.6. The third-order valence-electron chi connectivity index (χ3n) is 6.80. The van der Waals surface area contributed by atoms with Crippen LogP contribution in [0.2, 0.25) is 0 Å². The average molecular weight is 478 g/mol. The zero-order valence-corrected chi connectivity index (χ0v) is 22.8. The highest BCUT2D eigenvalue weighted by Crippen LogP contribution is 2.42. The van der Waals surface area contributed by atoms with Crippen molar-refractivity contribution >= 4 is 32.2 Å². The van der Waals surface area contributed by atoms with Crippen LogP contribution in [0.3, 0.4) is 0 Å². The van der Waals surface area contributed by atoms with Crippen LogP contribution in [0.4, 0.5) is 0 Å². The second kappa shape index (κ2) is 8.91. The number of rotatable bonds is 4. The summed E-state index contributed by atoms with van der Waals surface area (Å²) in [6.45, 7) is 16.0. The van der Waals surface area contributed by atoms with E-state index in [4.69, 9.17) is 4.98 Å². The number of hydrogen-bond acceptors (Lipinski definition) is 2. The van der Waals surface area contributed by atoms with Crippen molar-refractivity contribution < 1.29 is 0 Å². The first-order valence-corrected chi connectivity index (χ1v) is 13.4. The van der Waals surface area contributed by atoms with E-state index in [0.717, 1.165) is 12.1 Å². The lowest BCUT2D eigenvalue weighted by atomic mass is 9.86. The second-order valence-electron chi connectivity index (χ2n) is 11.5. The van der Waals surface area contributed by atoms with Gasteiger partial charge in [0.25, 0.3) is 0 Å². The predicted octanol–water partition coefficient (Wildman–Crippen LogP) is 10.1. The van der Waals surface area contributed by atoms with E-state index < -0.39 is 0 Å². The van der Waals surface area contributed by atoms with Crippen molar-refractivity contribution in [2.24, 2.45) is 5.41 Å². The molecule has 2 aromatic heterocycles. The summed E-state index contributed by atoms with van der Waals surface area (Å²) in [6.07, 6.45) is 3.06. The Hall–Kier alpha value is -2.97. The van der Waals surface area contributed by atoms with Crippen molar-refractivity contribution in [1.82, 2.24) is 4.98 Å². The van der Waals surface area contributed by atoms with Crippen LogP contribution < -0.4 is 0 Å². The summed E-state index contributed by atoms with van der Waals surface area (Å²) in [7, 11) is 0. The molecule has 5 rings (SSSR count). The van der Waals surface area contributed by atoms with Gasteiger partial charge >= 0.3 is 0 Å². The predicted molar refractivity (Wildman–Crippen MR) is 155 cm³/mol. The van der Waals surface area contributed by atoms with Gasteiger partial charge in [-0.1, -0.05) is 71.0 Å². The van der Waals surface area contributed by atoms with Crippen LogP contribution in [-0.4, -0.2) is 4.98 Å². The SMILES string of the molecule is Cc1cc(CC(C)(C)C)cc(C)c1-c1cc2ccnc(-c3cc(C(C)C)c4ccccc4c3)c2s1. The summed E-state index contributed by atoms with van der Waals surface area (Å²) in [5, 5.41) is 3.89. The molecule has 2 heteroatoms. The molecular formula is C33H35NS. The van der Waals surface area contributed by atoms with E-state index in [1.54, 1.807) is 0 Å². The van der Waals surface area contributed by atoms with Crippen molar-refractivity contribution in [1.29, 1.82) is 0 Å². The molecule has 0 bridgehead atoms. The Balaban J connectivity index is 1.65. The number of nitrogens with zero attached hydrogens (tertiary/aromatic N) is 1. The molecule has 178 valence electrons. The fraction of sp³-hybridized carbons (Fsp3) is 0.303. The molecule has 5 aromatic rings. The lowest BCUT2D eigenvalue weighted by Crippen LogP contribution is -2.09. The quantitative estimate of drug-likeness (QED) is 0.251. The zero-order valence-electron chi connectivity index (χ0n) is 22.0. The van der Waals surface area contributed by atoms with Gasteiger partial charge in [-0.05, 0) is 99.8 Å². The van der Waals surface area contributed by atoms with Gasteiger partial charge in [-0.3, -0.25) is 4.98 Å². The van der Waals surface area contributed by atoms with Crippen molar-refractivity contribution in [3.8, 4) is 21.7 Å². The molecule has 0 saturated heterocycles. The lowest BCUT2D eigenvalue weighted by Gasteiger charge is -2.20. The van der Waals surface area contributed by atoms with Crippen molar-refractivity contribution in [2.45, 2.75) is 60.8 Å². The Morgan fingerprint density at radius 3 is 2.26 bits per heavy atom. The van der Waals surface area contributed by atoms with Crippen LogP contribution in [0.25, 0.3) is 42.6 Å². The lowest BCUT2D eigenvalue weighted by molar-refractivity contribution is 0.411. The van der Waals surface area contributed by atoms with Gasteiger partial charge in [-0.25, -0.2) is 0 Å². The minimum absolute atomic E-state index is 0.285.